The Morgan fingerprint density at radius 2 is 1.65 bits per heavy atom. The van der Waals surface area contributed by atoms with Gasteiger partial charge in [-0.15, -0.1) is 0 Å². The second kappa shape index (κ2) is 6.81. The van der Waals surface area contributed by atoms with Crippen LogP contribution in [0.15, 0.2) is 0 Å². The van der Waals surface area contributed by atoms with Gasteiger partial charge < -0.3 is 5.11 Å². The second-order valence-corrected chi connectivity index (χ2v) is 8.37. The lowest BCUT2D eigenvalue weighted by atomic mass is 9.64. The highest BCUT2D eigenvalue weighted by molar-refractivity contribution is 5.08. The van der Waals surface area contributed by atoms with Gasteiger partial charge in [0.05, 0.1) is 0 Å². The van der Waals surface area contributed by atoms with E-state index >= 15 is 0 Å². The van der Waals surface area contributed by atoms with E-state index in [1.807, 2.05) is 20.8 Å². The summed E-state index contributed by atoms with van der Waals surface area (Å²) in [4.78, 5) is 4.68. The molecule has 6 unspecified atom stereocenters. The molecule has 2 aliphatic rings. The van der Waals surface area contributed by atoms with E-state index in [0.29, 0.717) is 12.8 Å². The van der Waals surface area contributed by atoms with Gasteiger partial charge in [-0.05, 0) is 49.4 Å². The van der Waals surface area contributed by atoms with Crippen LogP contribution in [0.25, 0.3) is 0 Å². The molecule has 2 rings (SSSR count). The monoisotopic (exact) mass is 392 g/mol. The number of aliphatic hydroxyl groups is 1. The third-order valence-electron chi connectivity index (χ3n) is 6.90. The Labute approximate surface area is 148 Å². The van der Waals surface area contributed by atoms with Crippen molar-refractivity contribution in [2.75, 3.05) is 0 Å². The summed E-state index contributed by atoms with van der Waals surface area (Å²) in [6.45, 7) is 5.69. The lowest BCUT2D eigenvalue weighted by molar-refractivity contribution is -0.373. The minimum absolute atomic E-state index is 0.00471. The molecule has 6 atom stereocenters. The Bertz CT molecular complexity index is 492. The summed E-state index contributed by atoms with van der Waals surface area (Å²) < 4.78 is 77.8. The average Bonchev–Trinajstić information content (AvgIpc) is 3.02. The maximum absolute atomic E-state index is 13.0. The SMILES string of the molecule is CCC(C)C(OO)C1(C)CC2CC1CC2CC(O)(C(F)(F)F)C(F)(F)F. The fourth-order valence-corrected chi connectivity index (χ4v) is 5.19. The molecule has 26 heavy (non-hydrogen) atoms. The molecule has 0 heterocycles. The molecule has 0 amide bonds. The summed E-state index contributed by atoms with van der Waals surface area (Å²) in [7, 11) is 0. The molecule has 0 spiro atoms. The number of alkyl halides is 6. The molecule has 9 heteroatoms. The van der Waals surface area contributed by atoms with Crippen LogP contribution < -0.4 is 0 Å². The van der Waals surface area contributed by atoms with E-state index < -0.39 is 41.8 Å². The van der Waals surface area contributed by atoms with Crippen LogP contribution in [0.3, 0.4) is 0 Å². The van der Waals surface area contributed by atoms with Crippen molar-refractivity contribution >= 4 is 0 Å². The third kappa shape index (κ3) is 3.35. The molecule has 3 nitrogen and oxygen atoms in total. The lowest BCUT2D eigenvalue weighted by Gasteiger charge is -2.45. The van der Waals surface area contributed by atoms with E-state index in [1.165, 1.54) is 0 Å². The molecule has 0 saturated heterocycles. The highest BCUT2D eigenvalue weighted by Gasteiger charge is 2.72. The van der Waals surface area contributed by atoms with Gasteiger partial charge in [0, 0.05) is 5.41 Å². The Morgan fingerprint density at radius 3 is 2.00 bits per heavy atom. The molecule has 154 valence electrons. The summed E-state index contributed by atoms with van der Waals surface area (Å²) in [5.74, 6) is -1.36. The smallest absolute Gasteiger partial charge is 0.374 e. The first kappa shape index (κ1) is 21.8. The van der Waals surface area contributed by atoms with Crippen molar-refractivity contribution in [2.45, 2.75) is 76.9 Å². The molecular weight excluding hydrogens is 366 g/mol. The Hall–Kier alpha value is -0.540. The van der Waals surface area contributed by atoms with Crippen molar-refractivity contribution in [1.82, 2.24) is 0 Å². The van der Waals surface area contributed by atoms with Gasteiger partial charge in [-0.2, -0.15) is 26.3 Å². The van der Waals surface area contributed by atoms with Crippen LogP contribution in [-0.4, -0.2) is 34.4 Å². The highest BCUT2D eigenvalue weighted by atomic mass is 19.4. The van der Waals surface area contributed by atoms with Crippen molar-refractivity contribution in [3.05, 3.63) is 0 Å². The molecule has 0 radical (unpaired) electrons. The Morgan fingerprint density at radius 1 is 1.12 bits per heavy atom. The lowest BCUT2D eigenvalue weighted by Crippen LogP contribution is -2.58. The first-order chi connectivity index (χ1) is 11.7. The number of fused-ring (bicyclic) bond motifs is 2. The summed E-state index contributed by atoms with van der Waals surface area (Å²) in [6.07, 6.45) is -11.7. The first-order valence-corrected chi connectivity index (χ1v) is 8.87. The van der Waals surface area contributed by atoms with Gasteiger partial charge in [0.2, 0.25) is 0 Å². The van der Waals surface area contributed by atoms with Crippen molar-refractivity contribution in [1.29, 1.82) is 0 Å². The van der Waals surface area contributed by atoms with E-state index in [0.717, 1.165) is 6.42 Å². The number of hydrogen-bond donors (Lipinski definition) is 2. The Balaban J connectivity index is 2.18. The number of hydrogen-bond acceptors (Lipinski definition) is 3. The zero-order valence-corrected chi connectivity index (χ0v) is 15.0. The van der Waals surface area contributed by atoms with Crippen LogP contribution in [-0.2, 0) is 4.89 Å². The van der Waals surface area contributed by atoms with Gasteiger partial charge in [-0.3, -0.25) is 5.26 Å². The molecule has 0 aromatic rings. The molecule has 0 aromatic carbocycles. The predicted octanol–water partition coefficient (Wildman–Crippen LogP) is 5.19. The fraction of sp³-hybridized carbons (Fsp3) is 1.00. The zero-order valence-electron chi connectivity index (χ0n) is 15.0. The van der Waals surface area contributed by atoms with Gasteiger partial charge in [0.25, 0.3) is 5.60 Å². The van der Waals surface area contributed by atoms with Crippen LogP contribution >= 0.6 is 0 Å². The molecule has 2 fully saturated rings. The summed E-state index contributed by atoms with van der Waals surface area (Å²) in [5.41, 5.74) is -5.19. The van der Waals surface area contributed by atoms with E-state index in [4.69, 9.17) is 0 Å². The minimum Gasteiger partial charge on any atom is -0.374 e. The van der Waals surface area contributed by atoms with Crippen molar-refractivity contribution in [3.63, 3.8) is 0 Å². The average molecular weight is 392 g/mol. The molecule has 2 N–H and O–H groups in total. The maximum Gasteiger partial charge on any atom is 0.426 e. The third-order valence-corrected chi connectivity index (χ3v) is 6.90. The van der Waals surface area contributed by atoms with Crippen molar-refractivity contribution in [3.8, 4) is 0 Å². The minimum atomic E-state index is -5.77. The quantitative estimate of drug-likeness (QED) is 0.372. The van der Waals surface area contributed by atoms with Gasteiger partial charge in [0.1, 0.15) is 6.10 Å². The molecule has 2 aliphatic carbocycles. The predicted molar refractivity (Wildman–Crippen MR) is 81.1 cm³/mol. The standard InChI is InChI=1S/C17H26F6O3/c1-4-9(2)13(26-25)14(3)7-10-5-12(14)6-11(10)8-15(24,16(18,19)20)17(21,22)23/h9-13,24-25H,4-8H2,1-3H3. The molecule has 0 aliphatic heterocycles. The zero-order chi connectivity index (χ0) is 20.1. The molecular formula is C17H26F6O3. The van der Waals surface area contributed by atoms with E-state index in [9.17, 15) is 36.7 Å². The van der Waals surface area contributed by atoms with Crippen molar-refractivity contribution < 1.29 is 41.6 Å². The van der Waals surface area contributed by atoms with E-state index in [2.05, 4.69) is 4.89 Å². The second-order valence-electron chi connectivity index (χ2n) is 8.37. The fourth-order valence-electron chi connectivity index (χ4n) is 5.19. The first-order valence-electron chi connectivity index (χ1n) is 8.87. The van der Waals surface area contributed by atoms with Crippen LogP contribution in [0.2, 0.25) is 0 Å². The van der Waals surface area contributed by atoms with Gasteiger partial charge in [0.15, 0.2) is 0 Å². The molecule has 0 aromatic heterocycles. The van der Waals surface area contributed by atoms with E-state index in [-0.39, 0.29) is 24.2 Å². The van der Waals surface area contributed by atoms with Crippen LogP contribution in [0.4, 0.5) is 26.3 Å². The van der Waals surface area contributed by atoms with E-state index in [1.54, 1.807) is 0 Å². The van der Waals surface area contributed by atoms with Crippen LogP contribution in [0.1, 0.15) is 52.9 Å². The van der Waals surface area contributed by atoms with Crippen LogP contribution in [0.5, 0.6) is 0 Å². The summed E-state index contributed by atoms with van der Waals surface area (Å²) >= 11 is 0. The summed E-state index contributed by atoms with van der Waals surface area (Å²) in [6, 6.07) is 0. The van der Waals surface area contributed by atoms with Gasteiger partial charge >= 0.3 is 12.4 Å². The topological polar surface area (TPSA) is 49.7 Å². The van der Waals surface area contributed by atoms with Crippen LogP contribution in [0, 0.1) is 29.1 Å². The van der Waals surface area contributed by atoms with Gasteiger partial charge in [-0.25, -0.2) is 4.89 Å². The normalized spacial score (nSPS) is 35.0. The Kier molecular flexibility index (Phi) is 5.70. The number of rotatable bonds is 6. The highest BCUT2D eigenvalue weighted by Crippen LogP contribution is 2.63. The van der Waals surface area contributed by atoms with Gasteiger partial charge in [-0.1, -0.05) is 27.2 Å². The molecule has 2 bridgehead atoms. The number of halogens is 6. The summed E-state index contributed by atoms with van der Waals surface area (Å²) in [5, 5.41) is 18.8. The largest absolute Gasteiger partial charge is 0.426 e. The molecule has 2 saturated carbocycles. The maximum atomic E-state index is 13.0. The van der Waals surface area contributed by atoms with Crippen molar-refractivity contribution in [2.24, 2.45) is 29.1 Å².